The highest BCUT2D eigenvalue weighted by Crippen LogP contribution is 2.27. The van der Waals surface area contributed by atoms with Crippen molar-refractivity contribution in [2.75, 3.05) is 23.9 Å². The Morgan fingerprint density at radius 1 is 1.19 bits per heavy atom. The smallest absolute Gasteiger partial charge is 0.328 e. The second-order valence-electron chi connectivity index (χ2n) is 5.94. The molecule has 1 aliphatic heterocycles. The molecule has 0 aromatic heterocycles. The van der Waals surface area contributed by atoms with Crippen LogP contribution in [0, 0.1) is 12.8 Å². The van der Waals surface area contributed by atoms with Gasteiger partial charge in [-0.2, -0.15) is 0 Å². The number of para-hydroxylation sites is 1. The van der Waals surface area contributed by atoms with E-state index in [9.17, 15) is 14.4 Å². The van der Waals surface area contributed by atoms with Gasteiger partial charge in [0.25, 0.3) is 0 Å². The molecule has 7 heteroatoms. The molecule has 1 atom stereocenters. The summed E-state index contributed by atoms with van der Waals surface area (Å²) in [4.78, 5) is 38.5. The minimum absolute atomic E-state index is 0.0546. The maximum Gasteiger partial charge on any atom is 0.328 e. The first-order valence-electron chi connectivity index (χ1n) is 8.13. The SMILES string of the molecule is COc1ccc(C)cc1NC(=O)C1CNC(=O)N(c2ccccc2)C1=O. The van der Waals surface area contributed by atoms with Gasteiger partial charge in [0.1, 0.15) is 11.7 Å². The predicted molar refractivity (Wildman–Crippen MR) is 97.2 cm³/mol. The highest BCUT2D eigenvalue weighted by molar-refractivity contribution is 6.23. The number of methoxy groups -OCH3 is 1. The van der Waals surface area contributed by atoms with E-state index in [0.29, 0.717) is 17.1 Å². The van der Waals surface area contributed by atoms with Crippen molar-refractivity contribution in [1.29, 1.82) is 0 Å². The normalized spacial score (nSPS) is 16.8. The molecule has 2 N–H and O–H groups in total. The molecule has 1 saturated heterocycles. The number of anilines is 2. The molecule has 0 saturated carbocycles. The molecule has 134 valence electrons. The lowest BCUT2D eigenvalue weighted by Gasteiger charge is -2.30. The molecule has 0 radical (unpaired) electrons. The second kappa shape index (κ2) is 7.26. The van der Waals surface area contributed by atoms with Crippen molar-refractivity contribution in [3.63, 3.8) is 0 Å². The molecule has 1 aliphatic rings. The first kappa shape index (κ1) is 17.5. The van der Waals surface area contributed by atoms with E-state index in [0.717, 1.165) is 10.5 Å². The summed E-state index contributed by atoms with van der Waals surface area (Å²) in [6, 6.07) is 13.3. The Morgan fingerprint density at radius 3 is 2.62 bits per heavy atom. The summed E-state index contributed by atoms with van der Waals surface area (Å²) in [7, 11) is 1.50. The zero-order valence-corrected chi connectivity index (χ0v) is 14.5. The molecule has 4 amide bonds. The largest absolute Gasteiger partial charge is 0.495 e. The topological polar surface area (TPSA) is 87.7 Å². The van der Waals surface area contributed by atoms with Crippen LogP contribution in [0.5, 0.6) is 5.75 Å². The molecule has 26 heavy (non-hydrogen) atoms. The average molecular weight is 353 g/mol. The van der Waals surface area contributed by atoms with Crippen molar-refractivity contribution in [1.82, 2.24) is 5.32 Å². The third-order valence-corrected chi connectivity index (χ3v) is 4.12. The van der Waals surface area contributed by atoms with E-state index in [1.807, 2.05) is 13.0 Å². The van der Waals surface area contributed by atoms with Crippen LogP contribution in [0.3, 0.4) is 0 Å². The summed E-state index contributed by atoms with van der Waals surface area (Å²) in [6.45, 7) is 1.83. The fourth-order valence-electron chi connectivity index (χ4n) is 2.78. The number of amides is 4. The Labute approximate surface area is 150 Å². The van der Waals surface area contributed by atoms with Crippen LogP contribution in [0.25, 0.3) is 0 Å². The van der Waals surface area contributed by atoms with Crippen LogP contribution in [0.15, 0.2) is 48.5 Å². The number of carbonyl (C=O) groups is 3. The van der Waals surface area contributed by atoms with Crippen LogP contribution in [0.4, 0.5) is 16.2 Å². The van der Waals surface area contributed by atoms with Gasteiger partial charge in [-0.25, -0.2) is 9.69 Å². The minimum atomic E-state index is -1.03. The third-order valence-electron chi connectivity index (χ3n) is 4.12. The van der Waals surface area contributed by atoms with E-state index in [1.165, 1.54) is 7.11 Å². The Bertz CT molecular complexity index is 851. The van der Waals surface area contributed by atoms with E-state index in [2.05, 4.69) is 10.6 Å². The average Bonchev–Trinajstić information content (AvgIpc) is 2.63. The number of ether oxygens (including phenoxy) is 1. The van der Waals surface area contributed by atoms with Gasteiger partial charge in [-0.15, -0.1) is 0 Å². The summed E-state index contributed by atoms with van der Waals surface area (Å²) in [6.07, 6.45) is 0. The molecule has 2 aromatic rings. The van der Waals surface area contributed by atoms with Crippen molar-refractivity contribution >= 4 is 29.2 Å². The number of carbonyl (C=O) groups excluding carboxylic acids is 3. The van der Waals surface area contributed by atoms with E-state index in [1.54, 1.807) is 42.5 Å². The van der Waals surface area contributed by atoms with Crippen molar-refractivity contribution in [3.05, 3.63) is 54.1 Å². The van der Waals surface area contributed by atoms with Crippen LogP contribution in [-0.2, 0) is 9.59 Å². The lowest BCUT2D eigenvalue weighted by atomic mass is 10.0. The number of imide groups is 1. The Balaban J connectivity index is 1.83. The number of hydrogen-bond donors (Lipinski definition) is 2. The molecule has 0 bridgehead atoms. The quantitative estimate of drug-likeness (QED) is 0.826. The summed E-state index contributed by atoms with van der Waals surface area (Å²) in [5, 5.41) is 5.32. The number of hydrogen-bond acceptors (Lipinski definition) is 4. The molecule has 7 nitrogen and oxygen atoms in total. The number of rotatable bonds is 4. The Hall–Kier alpha value is -3.35. The highest BCUT2D eigenvalue weighted by atomic mass is 16.5. The van der Waals surface area contributed by atoms with Crippen LogP contribution in [0.1, 0.15) is 5.56 Å². The van der Waals surface area contributed by atoms with E-state index < -0.39 is 23.8 Å². The second-order valence-corrected chi connectivity index (χ2v) is 5.94. The van der Waals surface area contributed by atoms with Gasteiger partial charge >= 0.3 is 6.03 Å². The summed E-state index contributed by atoms with van der Waals surface area (Å²) < 4.78 is 5.24. The predicted octanol–water partition coefficient (Wildman–Crippen LogP) is 2.31. The van der Waals surface area contributed by atoms with Crippen LogP contribution >= 0.6 is 0 Å². The first-order valence-corrected chi connectivity index (χ1v) is 8.13. The molecule has 1 unspecified atom stereocenters. The third kappa shape index (κ3) is 3.37. The Kier molecular flexibility index (Phi) is 4.88. The standard InChI is InChI=1S/C19H19N3O4/c1-12-8-9-16(26-2)15(10-12)21-17(23)14-11-20-19(25)22(18(14)24)13-6-4-3-5-7-13/h3-10,14H,11H2,1-2H3,(H,20,25)(H,21,23). The van der Waals surface area contributed by atoms with Crippen molar-refractivity contribution in [2.45, 2.75) is 6.92 Å². The summed E-state index contributed by atoms with van der Waals surface area (Å²) >= 11 is 0. The zero-order valence-electron chi connectivity index (χ0n) is 14.5. The maximum atomic E-state index is 12.8. The number of nitrogens with zero attached hydrogens (tertiary/aromatic N) is 1. The van der Waals surface area contributed by atoms with E-state index in [-0.39, 0.29) is 6.54 Å². The van der Waals surface area contributed by atoms with Crippen LogP contribution in [-0.4, -0.2) is 31.5 Å². The number of benzene rings is 2. The molecule has 3 rings (SSSR count). The minimum Gasteiger partial charge on any atom is -0.495 e. The van der Waals surface area contributed by atoms with Crippen molar-refractivity contribution < 1.29 is 19.1 Å². The van der Waals surface area contributed by atoms with E-state index in [4.69, 9.17) is 4.74 Å². The van der Waals surface area contributed by atoms with Crippen LogP contribution < -0.4 is 20.3 Å². The van der Waals surface area contributed by atoms with Gasteiger partial charge in [-0.05, 0) is 36.8 Å². The highest BCUT2D eigenvalue weighted by Gasteiger charge is 2.39. The molecule has 0 aliphatic carbocycles. The lowest BCUT2D eigenvalue weighted by Crippen LogP contribution is -2.58. The summed E-state index contributed by atoms with van der Waals surface area (Å²) in [5.41, 5.74) is 1.84. The van der Waals surface area contributed by atoms with Crippen molar-refractivity contribution in [3.8, 4) is 5.75 Å². The number of urea groups is 1. The van der Waals surface area contributed by atoms with Gasteiger partial charge in [0.05, 0.1) is 18.5 Å². The van der Waals surface area contributed by atoms with Gasteiger partial charge < -0.3 is 15.4 Å². The monoisotopic (exact) mass is 353 g/mol. The lowest BCUT2D eigenvalue weighted by molar-refractivity contribution is -0.130. The van der Waals surface area contributed by atoms with Gasteiger partial charge in [-0.3, -0.25) is 9.59 Å². The van der Waals surface area contributed by atoms with Gasteiger partial charge in [0.15, 0.2) is 0 Å². The van der Waals surface area contributed by atoms with Crippen LogP contribution in [0.2, 0.25) is 0 Å². The Morgan fingerprint density at radius 2 is 1.92 bits per heavy atom. The van der Waals surface area contributed by atoms with Gasteiger partial charge in [-0.1, -0.05) is 24.3 Å². The van der Waals surface area contributed by atoms with Crippen molar-refractivity contribution in [2.24, 2.45) is 5.92 Å². The van der Waals surface area contributed by atoms with Gasteiger partial charge in [0.2, 0.25) is 11.8 Å². The first-order chi connectivity index (χ1) is 12.5. The maximum absolute atomic E-state index is 12.8. The molecule has 1 heterocycles. The molecular weight excluding hydrogens is 334 g/mol. The fourth-order valence-corrected chi connectivity index (χ4v) is 2.78. The molecular formula is C19H19N3O4. The fraction of sp³-hybridized carbons (Fsp3) is 0.211. The number of nitrogens with one attached hydrogen (secondary N) is 2. The zero-order chi connectivity index (χ0) is 18.7. The molecule has 2 aromatic carbocycles. The van der Waals surface area contributed by atoms with Gasteiger partial charge in [0, 0.05) is 6.54 Å². The molecule has 0 spiro atoms. The van der Waals surface area contributed by atoms with E-state index >= 15 is 0 Å². The number of aryl methyl sites for hydroxylation is 1. The summed E-state index contributed by atoms with van der Waals surface area (Å²) in [5.74, 6) is -1.60. The molecule has 1 fully saturated rings.